The summed E-state index contributed by atoms with van der Waals surface area (Å²) < 4.78 is 5.45. The summed E-state index contributed by atoms with van der Waals surface area (Å²) in [6, 6.07) is 16.0. The molecule has 0 bridgehead atoms. The maximum Gasteiger partial charge on any atom is 0.119 e. The summed E-state index contributed by atoms with van der Waals surface area (Å²) in [6.07, 6.45) is 3.23. The highest BCUT2D eigenvalue weighted by atomic mass is 16.5. The van der Waals surface area contributed by atoms with E-state index >= 15 is 0 Å². The van der Waals surface area contributed by atoms with Gasteiger partial charge in [0.05, 0.1) is 6.61 Å². The SMILES string of the molecule is CCOc1ccc(C(O)c2ccccc2C2CCC2)cc1. The molecule has 1 fully saturated rings. The van der Waals surface area contributed by atoms with Crippen LogP contribution in [0.15, 0.2) is 48.5 Å². The second-order valence-corrected chi connectivity index (χ2v) is 5.66. The first-order valence-corrected chi connectivity index (χ1v) is 7.79. The molecule has 0 aliphatic heterocycles. The van der Waals surface area contributed by atoms with Gasteiger partial charge in [0.15, 0.2) is 0 Å². The predicted molar refractivity (Wildman–Crippen MR) is 84.7 cm³/mol. The van der Waals surface area contributed by atoms with E-state index < -0.39 is 6.10 Å². The van der Waals surface area contributed by atoms with Crippen LogP contribution in [0.3, 0.4) is 0 Å². The Morgan fingerprint density at radius 2 is 1.81 bits per heavy atom. The van der Waals surface area contributed by atoms with Crippen molar-refractivity contribution in [3.8, 4) is 5.75 Å². The zero-order chi connectivity index (χ0) is 14.7. The zero-order valence-corrected chi connectivity index (χ0v) is 12.5. The number of rotatable bonds is 5. The highest BCUT2D eigenvalue weighted by molar-refractivity contribution is 5.40. The summed E-state index contributed by atoms with van der Waals surface area (Å²) in [5.41, 5.74) is 3.28. The van der Waals surface area contributed by atoms with Crippen molar-refractivity contribution in [2.45, 2.75) is 38.2 Å². The smallest absolute Gasteiger partial charge is 0.119 e. The monoisotopic (exact) mass is 282 g/mol. The maximum atomic E-state index is 10.7. The summed E-state index contributed by atoms with van der Waals surface area (Å²) in [4.78, 5) is 0. The molecule has 110 valence electrons. The van der Waals surface area contributed by atoms with Crippen LogP contribution >= 0.6 is 0 Å². The fourth-order valence-corrected chi connectivity index (χ4v) is 2.94. The molecule has 2 aromatic rings. The molecule has 1 saturated carbocycles. The van der Waals surface area contributed by atoms with Gasteiger partial charge in [-0.3, -0.25) is 0 Å². The van der Waals surface area contributed by atoms with Gasteiger partial charge in [-0.25, -0.2) is 0 Å². The molecule has 0 spiro atoms. The van der Waals surface area contributed by atoms with E-state index in [9.17, 15) is 5.11 Å². The van der Waals surface area contributed by atoms with E-state index in [0.717, 1.165) is 16.9 Å². The number of aliphatic hydroxyl groups is 1. The molecule has 21 heavy (non-hydrogen) atoms. The maximum absolute atomic E-state index is 10.7. The first-order valence-electron chi connectivity index (χ1n) is 7.79. The van der Waals surface area contributed by atoms with E-state index in [1.807, 2.05) is 37.3 Å². The molecule has 1 aliphatic carbocycles. The lowest BCUT2D eigenvalue weighted by atomic mass is 9.77. The Labute approximate surface area is 126 Å². The van der Waals surface area contributed by atoms with Crippen molar-refractivity contribution in [2.75, 3.05) is 6.61 Å². The van der Waals surface area contributed by atoms with Crippen molar-refractivity contribution in [1.82, 2.24) is 0 Å². The average Bonchev–Trinajstić information content (AvgIpc) is 2.47. The quantitative estimate of drug-likeness (QED) is 0.878. The fraction of sp³-hybridized carbons (Fsp3) is 0.368. The molecule has 0 heterocycles. The van der Waals surface area contributed by atoms with Crippen LogP contribution in [-0.4, -0.2) is 11.7 Å². The molecule has 1 unspecified atom stereocenters. The van der Waals surface area contributed by atoms with Crippen LogP contribution in [0.1, 0.15) is 54.9 Å². The molecule has 1 aliphatic rings. The minimum absolute atomic E-state index is 0.558. The van der Waals surface area contributed by atoms with Crippen LogP contribution in [0.5, 0.6) is 5.75 Å². The Hall–Kier alpha value is -1.80. The first kappa shape index (κ1) is 14.2. The van der Waals surface area contributed by atoms with Gasteiger partial charge in [-0.1, -0.05) is 42.8 Å². The largest absolute Gasteiger partial charge is 0.494 e. The number of hydrogen-bond donors (Lipinski definition) is 1. The molecule has 1 atom stereocenters. The molecule has 3 rings (SSSR count). The van der Waals surface area contributed by atoms with Crippen LogP contribution in [0.2, 0.25) is 0 Å². The second kappa shape index (κ2) is 6.31. The van der Waals surface area contributed by atoms with Crippen LogP contribution < -0.4 is 4.74 Å². The molecule has 0 saturated heterocycles. The van der Waals surface area contributed by atoms with Crippen molar-refractivity contribution in [1.29, 1.82) is 0 Å². The molecule has 1 N–H and O–H groups in total. The fourth-order valence-electron chi connectivity index (χ4n) is 2.94. The topological polar surface area (TPSA) is 29.5 Å². The van der Waals surface area contributed by atoms with E-state index in [1.165, 1.54) is 24.8 Å². The summed E-state index contributed by atoms with van der Waals surface area (Å²) in [5.74, 6) is 1.47. The van der Waals surface area contributed by atoms with Crippen LogP contribution in [0.4, 0.5) is 0 Å². The number of benzene rings is 2. The lowest BCUT2D eigenvalue weighted by Gasteiger charge is -2.29. The van der Waals surface area contributed by atoms with Gasteiger partial charge in [-0.15, -0.1) is 0 Å². The van der Waals surface area contributed by atoms with Gasteiger partial charge >= 0.3 is 0 Å². The third kappa shape index (κ3) is 2.96. The average molecular weight is 282 g/mol. The third-order valence-corrected chi connectivity index (χ3v) is 4.34. The van der Waals surface area contributed by atoms with Gasteiger partial charge in [0.25, 0.3) is 0 Å². The van der Waals surface area contributed by atoms with Crippen LogP contribution in [0, 0.1) is 0 Å². The summed E-state index contributed by atoms with van der Waals surface area (Å²) in [6.45, 7) is 2.63. The lowest BCUT2D eigenvalue weighted by Crippen LogP contribution is -2.13. The Balaban J connectivity index is 1.85. The Morgan fingerprint density at radius 3 is 2.43 bits per heavy atom. The number of hydrogen-bond acceptors (Lipinski definition) is 2. The van der Waals surface area contributed by atoms with Gasteiger partial charge in [0.2, 0.25) is 0 Å². The molecule has 0 amide bonds. The highest BCUT2D eigenvalue weighted by Gasteiger charge is 2.24. The van der Waals surface area contributed by atoms with Crippen molar-refractivity contribution in [3.63, 3.8) is 0 Å². The van der Waals surface area contributed by atoms with Gasteiger partial charge in [0.1, 0.15) is 11.9 Å². The number of ether oxygens (including phenoxy) is 1. The Bertz CT molecular complexity index is 585. The van der Waals surface area contributed by atoms with Gasteiger partial charge < -0.3 is 9.84 Å². The van der Waals surface area contributed by atoms with E-state index in [-0.39, 0.29) is 0 Å². The third-order valence-electron chi connectivity index (χ3n) is 4.34. The zero-order valence-electron chi connectivity index (χ0n) is 12.5. The second-order valence-electron chi connectivity index (χ2n) is 5.66. The minimum atomic E-state index is -0.558. The van der Waals surface area contributed by atoms with Crippen LogP contribution in [0.25, 0.3) is 0 Å². The standard InChI is InChI=1S/C19H22O2/c1-2-21-16-12-10-15(11-13-16)19(20)18-9-4-3-8-17(18)14-6-5-7-14/h3-4,8-14,19-20H,2,5-7H2,1H3. The molecule has 2 heteroatoms. The van der Waals surface area contributed by atoms with Crippen molar-refractivity contribution >= 4 is 0 Å². The summed E-state index contributed by atoms with van der Waals surface area (Å²) in [5, 5.41) is 10.7. The normalized spacial score (nSPS) is 16.3. The molecular formula is C19H22O2. The predicted octanol–water partition coefficient (Wildman–Crippen LogP) is 4.43. The van der Waals surface area contributed by atoms with Crippen molar-refractivity contribution in [3.05, 3.63) is 65.2 Å². The highest BCUT2D eigenvalue weighted by Crippen LogP contribution is 2.40. The molecule has 2 aromatic carbocycles. The molecule has 2 nitrogen and oxygen atoms in total. The lowest BCUT2D eigenvalue weighted by molar-refractivity contribution is 0.217. The van der Waals surface area contributed by atoms with Gasteiger partial charge in [0, 0.05) is 0 Å². The summed E-state index contributed by atoms with van der Waals surface area (Å²) in [7, 11) is 0. The van der Waals surface area contributed by atoms with Gasteiger partial charge in [-0.05, 0) is 54.5 Å². The van der Waals surface area contributed by atoms with Crippen molar-refractivity contribution < 1.29 is 9.84 Å². The van der Waals surface area contributed by atoms with Crippen molar-refractivity contribution in [2.24, 2.45) is 0 Å². The van der Waals surface area contributed by atoms with E-state index in [0.29, 0.717) is 12.5 Å². The molecule has 0 aromatic heterocycles. The van der Waals surface area contributed by atoms with E-state index in [2.05, 4.69) is 18.2 Å². The Morgan fingerprint density at radius 1 is 1.10 bits per heavy atom. The number of aliphatic hydroxyl groups excluding tert-OH is 1. The van der Waals surface area contributed by atoms with Gasteiger partial charge in [-0.2, -0.15) is 0 Å². The first-order chi connectivity index (χ1) is 10.3. The summed E-state index contributed by atoms with van der Waals surface area (Å²) >= 11 is 0. The molecule has 0 radical (unpaired) electrons. The van der Waals surface area contributed by atoms with Crippen LogP contribution in [-0.2, 0) is 0 Å². The molecular weight excluding hydrogens is 260 g/mol. The van der Waals surface area contributed by atoms with E-state index in [1.54, 1.807) is 0 Å². The van der Waals surface area contributed by atoms with E-state index in [4.69, 9.17) is 4.74 Å². The minimum Gasteiger partial charge on any atom is -0.494 e. The Kier molecular flexibility index (Phi) is 4.26.